The highest BCUT2D eigenvalue weighted by Crippen LogP contribution is 2.35. The summed E-state index contributed by atoms with van der Waals surface area (Å²) in [6.07, 6.45) is 5.87. The largest absolute Gasteiger partial charge is 0.436 e. The van der Waals surface area contributed by atoms with Crippen LogP contribution in [0.3, 0.4) is 0 Å². The Morgan fingerprint density at radius 3 is 1.69 bits per heavy atom. The minimum Gasteiger partial charge on any atom is -0.436 e. The molecule has 2 fully saturated rings. The van der Waals surface area contributed by atoms with Crippen molar-refractivity contribution in [1.82, 2.24) is 29.7 Å². The van der Waals surface area contributed by atoms with Crippen molar-refractivity contribution in [3.05, 3.63) is 72.6 Å². The first-order valence-electron chi connectivity index (χ1n) is 17.0. The van der Waals surface area contributed by atoms with Gasteiger partial charge in [-0.15, -0.1) is 0 Å². The molecule has 6 rings (SSSR count). The number of nitrogens with two attached hydrogens (primary N) is 1. The van der Waals surface area contributed by atoms with Crippen molar-refractivity contribution in [3.8, 4) is 33.6 Å². The first-order valence-corrected chi connectivity index (χ1v) is 17.0. The van der Waals surface area contributed by atoms with E-state index in [1.165, 1.54) is 0 Å². The minimum absolute atomic E-state index is 0.00782. The molecule has 2 aromatic carbocycles. The third kappa shape index (κ3) is 7.00. The van der Waals surface area contributed by atoms with Crippen LogP contribution < -0.4 is 5.73 Å². The van der Waals surface area contributed by atoms with Crippen molar-refractivity contribution < 1.29 is 19.1 Å². The second-order valence-electron chi connectivity index (χ2n) is 13.7. The van der Waals surface area contributed by atoms with E-state index < -0.39 is 12.2 Å². The van der Waals surface area contributed by atoms with E-state index in [1.807, 2.05) is 24.9 Å². The monoisotopic (exact) mass is 651 g/mol. The molecule has 11 heteroatoms. The highest BCUT2D eigenvalue weighted by molar-refractivity contribution is 5.84. The van der Waals surface area contributed by atoms with Crippen LogP contribution in [-0.4, -0.2) is 66.8 Å². The molecule has 0 saturated carbocycles. The molecule has 0 aliphatic carbocycles. The molecule has 3 atom stereocenters. The van der Waals surface area contributed by atoms with Crippen LogP contribution >= 0.6 is 0 Å². The fourth-order valence-corrected chi connectivity index (χ4v) is 6.88. The van der Waals surface area contributed by atoms with Crippen LogP contribution in [0.4, 0.5) is 4.79 Å². The minimum atomic E-state index is -0.952. The number of carbonyl (C=O) groups is 3. The maximum absolute atomic E-state index is 13.3. The average Bonchev–Trinajstić information content (AvgIpc) is 3.89. The van der Waals surface area contributed by atoms with Gasteiger partial charge < -0.3 is 30.2 Å². The number of carbonyl (C=O) groups excluding carboxylic acids is 3. The third-order valence-electron chi connectivity index (χ3n) is 9.33. The smallest absolute Gasteiger partial charge is 0.405 e. The molecule has 0 unspecified atom stereocenters. The van der Waals surface area contributed by atoms with Crippen LogP contribution in [0.5, 0.6) is 0 Å². The van der Waals surface area contributed by atoms with E-state index in [-0.39, 0.29) is 29.8 Å². The number of rotatable bonds is 10. The maximum Gasteiger partial charge on any atom is 0.405 e. The van der Waals surface area contributed by atoms with Crippen molar-refractivity contribution >= 4 is 17.9 Å². The average molecular weight is 652 g/mol. The predicted octanol–water partition coefficient (Wildman–Crippen LogP) is 6.63. The lowest BCUT2D eigenvalue weighted by atomic mass is 10.0. The molecule has 0 radical (unpaired) electrons. The summed E-state index contributed by atoms with van der Waals surface area (Å²) in [5.74, 6) is 1.65. The molecule has 11 nitrogen and oxygen atoms in total. The number of likely N-dealkylation sites (tertiary alicyclic amines) is 2. The SMILES string of the molecule is CC(C)CC(=O)N1CCC[C@H]1c1ncc(-c2ccc(-c3ccc(-c4cnc([C@@H]5CCCN5C(=O)[C@@H](OC(N)=O)C(C)C)[nH]4)cc3)cc2)[nH]1. The number of aromatic nitrogens is 4. The van der Waals surface area contributed by atoms with Gasteiger partial charge >= 0.3 is 6.09 Å². The fourth-order valence-electron chi connectivity index (χ4n) is 6.88. The van der Waals surface area contributed by atoms with Gasteiger partial charge in [0.05, 0.1) is 35.9 Å². The first-order chi connectivity index (χ1) is 23.1. The Labute approximate surface area is 281 Å². The van der Waals surface area contributed by atoms with Gasteiger partial charge in [0.2, 0.25) is 5.91 Å². The molecule has 252 valence electrons. The number of amides is 3. The van der Waals surface area contributed by atoms with Crippen LogP contribution in [0.25, 0.3) is 33.6 Å². The number of hydrogen-bond acceptors (Lipinski definition) is 6. The normalized spacial score (nSPS) is 18.5. The Bertz CT molecular complexity index is 1740. The molecule has 0 bridgehead atoms. The van der Waals surface area contributed by atoms with Crippen molar-refractivity contribution in [1.29, 1.82) is 0 Å². The van der Waals surface area contributed by atoms with E-state index in [0.29, 0.717) is 24.7 Å². The maximum atomic E-state index is 13.3. The van der Waals surface area contributed by atoms with Gasteiger partial charge in [0, 0.05) is 19.5 Å². The van der Waals surface area contributed by atoms with Crippen LogP contribution in [0, 0.1) is 11.8 Å². The lowest BCUT2D eigenvalue weighted by Gasteiger charge is -2.29. The van der Waals surface area contributed by atoms with E-state index in [0.717, 1.165) is 71.7 Å². The number of nitrogens with one attached hydrogen (secondary N) is 2. The summed E-state index contributed by atoms with van der Waals surface area (Å²) < 4.78 is 5.16. The topological polar surface area (TPSA) is 150 Å². The number of aromatic amines is 2. The number of imidazole rings is 2. The summed E-state index contributed by atoms with van der Waals surface area (Å²) in [6.45, 7) is 9.17. The molecule has 4 heterocycles. The number of primary amides is 1. The summed E-state index contributed by atoms with van der Waals surface area (Å²) in [4.78, 5) is 57.5. The van der Waals surface area contributed by atoms with Crippen LogP contribution in [0.15, 0.2) is 60.9 Å². The Kier molecular flexibility index (Phi) is 9.66. The first kappa shape index (κ1) is 33.0. The van der Waals surface area contributed by atoms with E-state index >= 15 is 0 Å². The summed E-state index contributed by atoms with van der Waals surface area (Å²) >= 11 is 0. The van der Waals surface area contributed by atoms with Gasteiger partial charge in [-0.1, -0.05) is 76.2 Å². The number of ether oxygens (including phenoxy) is 1. The predicted molar refractivity (Wildman–Crippen MR) is 183 cm³/mol. The second kappa shape index (κ2) is 14.0. The van der Waals surface area contributed by atoms with Crippen molar-refractivity contribution in [2.24, 2.45) is 17.6 Å². The van der Waals surface area contributed by atoms with Crippen LogP contribution in [-0.2, 0) is 14.3 Å². The highest BCUT2D eigenvalue weighted by atomic mass is 16.6. The van der Waals surface area contributed by atoms with Gasteiger partial charge in [-0.2, -0.15) is 0 Å². The molecule has 2 saturated heterocycles. The van der Waals surface area contributed by atoms with Crippen molar-refractivity contribution in [2.45, 2.75) is 78.0 Å². The number of hydrogen-bond donors (Lipinski definition) is 3. The molecule has 48 heavy (non-hydrogen) atoms. The number of nitrogens with zero attached hydrogens (tertiary/aromatic N) is 4. The van der Waals surface area contributed by atoms with Gasteiger partial charge in [0.1, 0.15) is 11.6 Å². The molecule has 2 aliphatic rings. The highest BCUT2D eigenvalue weighted by Gasteiger charge is 2.38. The standard InChI is InChI=1S/C37H45N7O4/c1-22(2)19-32(45)43-17-5-7-30(43)34-39-20-28(41-34)26-13-9-24(10-14-26)25-11-15-27(16-12-25)29-21-40-35(42-29)31-8-6-18-44(31)36(46)33(23(3)4)48-37(38)47/h9-16,20-23,30-31,33H,5-8,17-19H2,1-4H3,(H2,38,47)(H,39,41)(H,40,42)/t30-,31-,33-/m0/s1. The van der Waals surface area contributed by atoms with Crippen molar-refractivity contribution in [2.75, 3.05) is 13.1 Å². The van der Waals surface area contributed by atoms with Crippen molar-refractivity contribution in [3.63, 3.8) is 0 Å². The summed E-state index contributed by atoms with van der Waals surface area (Å²) in [5, 5.41) is 0. The lowest BCUT2D eigenvalue weighted by molar-refractivity contribution is -0.143. The van der Waals surface area contributed by atoms with E-state index in [1.54, 1.807) is 11.1 Å². The van der Waals surface area contributed by atoms with Gasteiger partial charge in [0.25, 0.3) is 5.91 Å². The Morgan fingerprint density at radius 2 is 1.23 bits per heavy atom. The van der Waals surface area contributed by atoms with Gasteiger partial charge in [0.15, 0.2) is 6.10 Å². The summed E-state index contributed by atoms with van der Waals surface area (Å²) in [6, 6.07) is 16.5. The Hall–Kier alpha value is -4.93. The molecular formula is C37H45N7O4. The van der Waals surface area contributed by atoms with Gasteiger partial charge in [-0.05, 0) is 59.8 Å². The zero-order valence-corrected chi connectivity index (χ0v) is 28.1. The molecular weight excluding hydrogens is 606 g/mol. The van der Waals surface area contributed by atoms with E-state index in [9.17, 15) is 14.4 Å². The molecule has 4 N–H and O–H groups in total. The summed E-state index contributed by atoms with van der Waals surface area (Å²) in [7, 11) is 0. The van der Waals surface area contributed by atoms with Crippen LogP contribution in [0.2, 0.25) is 0 Å². The zero-order chi connectivity index (χ0) is 33.9. The van der Waals surface area contributed by atoms with E-state index in [2.05, 4.69) is 82.3 Å². The lowest BCUT2D eigenvalue weighted by Crippen LogP contribution is -2.44. The number of benzene rings is 2. The van der Waals surface area contributed by atoms with E-state index in [4.69, 9.17) is 10.5 Å². The molecule has 0 spiro atoms. The molecule has 2 aromatic heterocycles. The third-order valence-corrected chi connectivity index (χ3v) is 9.33. The molecule has 2 aliphatic heterocycles. The quantitative estimate of drug-likeness (QED) is 0.175. The summed E-state index contributed by atoms with van der Waals surface area (Å²) in [5.41, 5.74) is 11.2. The second-order valence-corrected chi connectivity index (χ2v) is 13.7. The molecule has 3 amide bonds. The Morgan fingerprint density at radius 1 is 0.771 bits per heavy atom. The van der Waals surface area contributed by atoms with Crippen LogP contribution in [0.1, 0.15) is 83.5 Å². The fraction of sp³-hybridized carbons (Fsp3) is 0.432. The van der Waals surface area contributed by atoms with Gasteiger partial charge in [-0.25, -0.2) is 14.8 Å². The molecule has 4 aromatic rings. The zero-order valence-electron chi connectivity index (χ0n) is 28.1. The Balaban J connectivity index is 1.11. The number of H-pyrrole nitrogens is 2. The van der Waals surface area contributed by atoms with Gasteiger partial charge in [-0.3, -0.25) is 9.59 Å².